The Morgan fingerprint density at radius 1 is 0.125 bits per heavy atom. The fourth-order valence-electron chi connectivity index (χ4n) is 25.3. The second-order valence-electron chi connectivity index (χ2n) is 28.6. The Kier molecular flexibility index (Phi) is 13.3. The maximum atomic E-state index is 1.68. The summed E-state index contributed by atoms with van der Waals surface area (Å²) in [5, 5.41) is 0. The zero-order valence-electron chi connectivity index (χ0n) is 42.1. The molecule has 0 spiro atoms. The first-order valence-corrected chi connectivity index (χ1v) is 31.8. The smallest absolute Gasteiger partial charge is 0.0318 e. The minimum absolute atomic E-state index is 1.11. The second-order valence-corrected chi connectivity index (χ2v) is 28.6. The van der Waals surface area contributed by atoms with Gasteiger partial charge in [-0.1, -0.05) is 135 Å². The lowest BCUT2D eigenvalue weighted by Gasteiger charge is -2.68. The maximum absolute atomic E-state index is 1.68. The number of fused-ring (bicyclic) bond motifs is 7. The fourth-order valence-corrected chi connectivity index (χ4v) is 25.3. The average molecular weight is 874 g/mol. The van der Waals surface area contributed by atoms with E-state index < -0.39 is 0 Å². The highest BCUT2D eigenvalue weighted by atomic mass is 14.7. The van der Waals surface area contributed by atoms with Crippen LogP contribution in [0.4, 0.5) is 0 Å². The average Bonchev–Trinajstić information content (AvgIpc) is 3.37. The molecule has 13 rings (SSSR count). The molecule has 0 heterocycles. The summed E-state index contributed by atoms with van der Waals surface area (Å²) >= 11 is 0. The van der Waals surface area contributed by atoms with Crippen molar-refractivity contribution >= 4 is 0 Å². The second kappa shape index (κ2) is 19.3. The van der Waals surface area contributed by atoms with E-state index in [0.29, 0.717) is 0 Å². The molecule has 0 heteroatoms. The monoisotopic (exact) mass is 873 g/mol. The molecule has 0 saturated heterocycles. The van der Waals surface area contributed by atoms with Gasteiger partial charge in [-0.25, -0.2) is 0 Å². The van der Waals surface area contributed by atoms with Gasteiger partial charge in [0.2, 0.25) is 0 Å². The number of rotatable bonds is 5. The van der Waals surface area contributed by atoms with Gasteiger partial charge in [0.1, 0.15) is 0 Å². The molecular formula is C64H104. The van der Waals surface area contributed by atoms with Crippen LogP contribution in [0, 0.1) is 142 Å². The van der Waals surface area contributed by atoms with Crippen molar-refractivity contribution < 1.29 is 0 Å². The van der Waals surface area contributed by atoms with Crippen molar-refractivity contribution in [2.24, 2.45) is 142 Å². The summed E-state index contributed by atoms with van der Waals surface area (Å²) in [5.74, 6) is 27.0. The Hall–Kier alpha value is 0. The molecule has 15 unspecified atom stereocenters. The Bertz CT molecular complexity index is 1440. The summed E-state index contributed by atoms with van der Waals surface area (Å²) < 4.78 is 0. The van der Waals surface area contributed by atoms with Crippen molar-refractivity contribution in [2.75, 3.05) is 0 Å². The topological polar surface area (TPSA) is 0 Å². The highest BCUT2D eigenvalue weighted by Gasteiger charge is 2.64. The Morgan fingerprint density at radius 3 is 0.672 bits per heavy atom. The Morgan fingerprint density at radius 2 is 0.328 bits per heavy atom. The van der Waals surface area contributed by atoms with Crippen molar-refractivity contribution in [3.8, 4) is 0 Å². The van der Waals surface area contributed by atoms with Gasteiger partial charge in [0, 0.05) is 0 Å². The predicted molar refractivity (Wildman–Crippen MR) is 268 cm³/mol. The number of hydrogen-bond acceptors (Lipinski definition) is 0. The van der Waals surface area contributed by atoms with Crippen molar-refractivity contribution in [3.63, 3.8) is 0 Å². The number of hydrogen-bond donors (Lipinski definition) is 0. The molecule has 64 heavy (non-hydrogen) atoms. The van der Waals surface area contributed by atoms with Gasteiger partial charge in [0.15, 0.2) is 0 Å². The van der Waals surface area contributed by atoms with Crippen LogP contribution in [0.3, 0.4) is 0 Å². The lowest BCUT2D eigenvalue weighted by atomic mass is 9.37. The summed E-state index contributed by atoms with van der Waals surface area (Å²) in [4.78, 5) is 0. The molecule has 13 aliphatic carbocycles. The van der Waals surface area contributed by atoms with Crippen LogP contribution in [0.2, 0.25) is 0 Å². The maximum Gasteiger partial charge on any atom is -0.0318 e. The Labute approximate surface area is 397 Å². The lowest BCUT2D eigenvalue weighted by Crippen LogP contribution is -2.62. The molecule has 0 aromatic heterocycles. The molecular weight excluding hydrogens is 769 g/mol. The van der Waals surface area contributed by atoms with Gasteiger partial charge in [-0.2, -0.15) is 0 Å². The van der Waals surface area contributed by atoms with Gasteiger partial charge in [0.05, 0.1) is 0 Å². The van der Waals surface area contributed by atoms with Gasteiger partial charge in [-0.3, -0.25) is 0 Å². The quantitative estimate of drug-likeness (QED) is 0.258. The van der Waals surface area contributed by atoms with Crippen LogP contribution < -0.4 is 0 Å². The molecule has 0 N–H and O–H groups in total. The van der Waals surface area contributed by atoms with Crippen LogP contribution in [0.25, 0.3) is 0 Å². The highest BCUT2D eigenvalue weighted by molar-refractivity contribution is 5.13. The van der Waals surface area contributed by atoms with E-state index in [1.807, 2.05) is 0 Å². The molecule has 13 aliphatic rings. The van der Waals surface area contributed by atoms with Gasteiger partial charge in [-0.15, -0.1) is 0 Å². The normalized spacial score (nSPS) is 54.7. The van der Waals surface area contributed by atoms with Crippen molar-refractivity contribution in [1.29, 1.82) is 0 Å². The largest absolute Gasteiger partial charge is 0.0533 e. The van der Waals surface area contributed by atoms with Crippen LogP contribution in [0.15, 0.2) is 0 Å². The van der Waals surface area contributed by atoms with Gasteiger partial charge >= 0.3 is 0 Å². The predicted octanol–water partition coefficient (Wildman–Crippen LogP) is 18.6. The molecule has 0 amide bonds. The zero-order valence-corrected chi connectivity index (χ0v) is 42.1. The first-order valence-electron chi connectivity index (χ1n) is 31.8. The van der Waals surface area contributed by atoms with Crippen LogP contribution in [-0.4, -0.2) is 0 Å². The van der Waals surface area contributed by atoms with Crippen LogP contribution in [0.1, 0.15) is 257 Å². The van der Waals surface area contributed by atoms with E-state index >= 15 is 0 Å². The third kappa shape index (κ3) is 7.80. The first-order chi connectivity index (χ1) is 31.8. The summed E-state index contributed by atoms with van der Waals surface area (Å²) in [5.41, 5.74) is 0. The van der Waals surface area contributed by atoms with Crippen LogP contribution in [0.5, 0.6) is 0 Å². The van der Waals surface area contributed by atoms with Crippen LogP contribution in [-0.2, 0) is 0 Å². The summed E-state index contributed by atoms with van der Waals surface area (Å²) in [7, 11) is 0. The molecule has 0 aromatic carbocycles. The van der Waals surface area contributed by atoms with Crippen LogP contribution >= 0.6 is 0 Å². The molecule has 360 valence electrons. The van der Waals surface area contributed by atoms with Gasteiger partial charge < -0.3 is 0 Å². The first kappa shape index (κ1) is 44.0. The molecule has 0 aromatic rings. The molecule has 0 nitrogen and oxygen atoms in total. The molecule has 0 aliphatic heterocycles. The Balaban J connectivity index is 0.823. The van der Waals surface area contributed by atoms with E-state index in [2.05, 4.69) is 0 Å². The third-order valence-electron chi connectivity index (χ3n) is 26.9. The zero-order chi connectivity index (χ0) is 42.1. The summed E-state index contributed by atoms with van der Waals surface area (Å²) in [6, 6.07) is 0. The van der Waals surface area contributed by atoms with Gasteiger partial charge in [-0.05, 0) is 264 Å². The molecule has 15 atom stereocenters. The van der Waals surface area contributed by atoms with Crippen molar-refractivity contribution in [2.45, 2.75) is 257 Å². The van der Waals surface area contributed by atoms with Crippen molar-refractivity contribution in [1.82, 2.24) is 0 Å². The highest BCUT2D eigenvalue weighted by Crippen LogP contribution is 2.71. The molecule has 13 fully saturated rings. The minimum Gasteiger partial charge on any atom is -0.0533 e. The van der Waals surface area contributed by atoms with E-state index in [4.69, 9.17) is 0 Å². The summed E-state index contributed by atoms with van der Waals surface area (Å²) in [6.45, 7) is 0. The van der Waals surface area contributed by atoms with Crippen molar-refractivity contribution in [3.05, 3.63) is 0 Å². The lowest BCUT2D eigenvalue weighted by molar-refractivity contribution is -0.197. The van der Waals surface area contributed by atoms with E-state index in [1.165, 1.54) is 6.42 Å². The standard InChI is InChI=1S/C64H104/c1-2-18-41(19-3-1)43-34-37-44(38-35-43)59-47-22-6-10-26-51(47)61(52-27-11-7-23-48(52)59)63-55-30-14-16-32-57(55)64(58-33-17-15-31-56(58)63)62-53-28-12-8-24-49(53)60(50-25-9-13-29-54(50)62)46-39-36-42-20-4-5-21-45(42)40-46/h41-64H,1-40H2. The van der Waals surface area contributed by atoms with Gasteiger partial charge in [0.25, 0.3) is 0 Å². The van der Waals surface area contributed by atoms with E-state index in [0.717, 1.165) is 142 Å². The SMILES string of the molecule is C1CCC(C2CCC(C3C4CCCCC4C(C4C5CCCCC5C(C5C6CCCCC6C(C6CCC7CCCCC7C6)C6CCCCC65)C5CCCCC54)C4CCCCC43)CC2)CC1. The fraction of sp³-hybridized carbons (Fsp3) is 1.00. The summed E-state index contributed by atoms with van der Waals surface area (Å²) in [6.07, 6.45) is 65.0. The van der Waals surface area contributed by atoms with E-state index in [1.54, 1.807) is 250 Å². The molecule has 0 bridgehead atoms. The molecule has 13 saturated carbocycles. The molecule has 0 radical (unpaired) electrons. The minimum atomic E-state index is 1.11. The van der Waals surface area contributed by atoms with E-state index in [9.17, 15) is 0 Å². The van der Waals surface area contributed by atoms with E-state index in [-0.39, 0.29) is 0 Å². The third-order valence-corrected chi connectivity index (χ3v) is 26.9.